The summed E-state index contributed by atoms with van der Waals surface area (Å²) in [6.45, 7) is 1.05. The highest BCUT2D eigenvalue weighted by Gasteiger charge is 2.00. The van der Waals surface area contributed by atoms with Gasteiger partial charge >= 0.3 is 0 Å². The van der Waals surface area contributed by atoms with E-state index in [1.165, 1.54) is 0 Å². The number of nitrogens with zero attached hydrogens (tertiary/aromatic N) is 3. The monoisotopic (exact) mass is 234 g/mol. The molecule has 0 spiro atoms. The predicted molar refractivity (Wildman–Crippen MR) is 62.5 cm³/mol. The molecule has 0 aliphatic heterocycles. The van der Waals surface area contributed by atoms with Crippen LogP contribution in [0.25, 0.3) is 0 Å². The van der Waals surface area contributed by atoms with E-state index >= 15 is 0 Å². The van der Waals surface area contributed by atoms with Gasteiger partial charge in [0, 0.05) is 5.69 Å². The van der Waals surface area contributed by atoms with Gasteiger partial charge in [-0.05, 0) is 24.3 Å². The van der Waals surface area contributed by atoms with Gasteiger partial charge in [0.25, 0.3) is 0 Å². The van der Waals surface area contributed by atoms with Crippen LogP contribution in [-0.2, 0) is 13.1 Å². The van der Waals surface area contributed by atoms with Gasteiger partial charge < -0.3 is 15.5 Å². The number of anilines is 1. The van der Waals surface area contributed by atoms with E-state index in [0.29, 0.717) is 13.1 Å². The normalized spacial score (nSPS) is 10.4. The van der Waals surface area contributed by atoms with Crippen molar-refractivity contribution < 1.29 is 10.2 Å². The summed E-state index contributed by atoms with van der Waals surface area (Å²) >= 11 is 0. The number of aromatic hydroxyl groups is 1. The zero-order valence-corrected chi connectivity index (χ0v) is 9.24. The van der Waals surface area contributed by atoms with Crippen molar-refractivity contribution in [2.24, 2.45) is 0 Å². The van der Waals surface area contributed by atoms with Crippen molar-refractivity contribution >= 4 is 5.69 Å². The van der Waals surface area contributed by atoms with E-state index in [2.05, 4.69) is 15.6 Å². The molecule has 6 heteroatoms. The average molecular weight is 234 g/mol. The maximum Gasteiger partial charge on any atom is 0.115 e. The second-order valence-electron chi connectivity index (χ2n) is 3.60. The Morgan fingerprint density at radius 2 is 2.00 bits per heavy atom. The molecule has 0 atom stereocenters. The molecule has 0 aliphatic carbocycles. The standard InChI is InChI=1S/C11H14N4O2/c16-6-5-15-8-10(13-14-15)7-12-9-1-3-11(17)4-2-9/h1-4,8,12,16-17H,5-7H2. The summed E-state index contributed by atoms with van der Waals surface area (Å²) in [6, 6.07) is 6.80. The molecule has 2 rings (SSSR count). The Labute approximate surface area is 98.5 Å². The molecule has 1 heterocycles. The molecule has 0 saturated carbocycles. The number of phenolic OH excluding ortho intramolecular Hbond substituents is 1. The van der Waals surface area contributed by atoms with Crippen molar-refractivity contribution in [1.29, 1.82) is 0 Å². The molecule has 1 aromatic heterocycles. The molecule has 0 radical (unpaired) electrons. The van der Waals surface area contributed by atoms with Gasteiger partial charge in [-0.15, -0.1) is 5.10 Å². The molecule has 2 aromatic rings. The first-order valence-electron chi connectivity index (χ1n) is 5.31. The second kappa shape index (κ2) is 5.31. The number of aromatic nitrogens is 3. The number of hydrogen-bond acceptors (Lipinski definition) is 5. The van der Waals surface area contributed by atoms with Crippen molar-refractivity contribution in [1.82, 2.24) is 15.0 Å². The number of phenols is 1. The lowest BCUT2D eigenvalue weighted by atomic mass is 10.3. The molecule has 0 amide bonds. The fourth-order valence-electron chi connectivity index (χ4n) is 1.40. The number of rotatable bonds is 5. The number of benzene rings is 1. The van der Waals surface area contributed by atoms with Crippen LogP contribution < -0.4 is 5.32 Å². The maximum absolute atomic E-state index is 9.13. The van der Waals surface area contributed by atoms with Crippen LogP contribution in [0, 0.1) is 0 Å². The third-order valence-corrected chi connectivity index (χ3v) is 2.26. The number of aliphatic hydroxyl groups excluding tert-OH is 1. The van der Waals surface area contributed by atoms with E-state index in [1.807, 2.05) is 0 Å². The summed E-state index contributed by atoms with van der Waals surface area (Å²) in [5.41, 5.74) is 1.70. The highest BCUT2D eigenvalue weighted by atomic mass is 16.3. The van der Waals surface area contributed by atoms with Gasteiger partial charge in [0.1, 0.15) is 11.4 Å². The van der Waals surface area contributed by atoms with Crippen LogP contribution in [0.3, 0.4) is 0 Å². The Balaban J connectivity index is 1.90. The Hall–Kier alpha value is -2.08. The van der Waals surface area contributed by atoms with Crippen molar-refractivity contribution in [3.05, 3.63) is 36.2 Å². The van der Waals surface area contributed by atoms with Gasteiger partial charge in [-0.2, -0.15) is 0 Å². The lowest BCUT2D eigenvalue weighted by Gasteiger charge is -2.03. The van der Waals surface area contributed by atoms with Gasteiger partial charge in [0.2, 0.25) is 0 Å². The van der Waals surface area contributed by atoms with E-state index < -0.39 is 0 Å². The molecule has 0 bridgehead atoms. The Kier molecular flexibility index (Phi) is 3.56. The highest BCUT2D eigenvalue weighted by Crippen LogP contribution is 2.14. The summed E-state index contributed by atoms with van der Waals surface area (Å²) in [5, 5.41) is 28.8. The van der Waals surface area contributed by atoms with Gasteiger partial charge in [-0.3, -0.25) is 0 Å². The van der Waals surface area contributed by atoms with Crippen molar-refractivity contribution in [2.45, 2.75) is 13.1 Å². The summed E-state index contributed by atoms with van der Waals surface area (Å²) in [6.07, 6.45) is 1.78. The fourth-order valence-corrected chi connectivity index (χ4v) is 1.40. The molecule has 0 aliphatic rings. The zero-order valence-electron chi connectivity index (χ0n) is 9.24. The van der Waals surface area contributed by atoms with Crippen LogP contribution >= 0.6 is 0 Å². The van der Waals surface area contributed by atoms with Crippen LogP contribution in [0.2, 0.25) is 0 Å². The zero-order chi connectivity index (χ0) is 12.1. The Bertz CT molecular complexity index is 467. The van der Waals surface area contributed by atoms with Crippen molar-refractivity contribution in [3.8, 4) is 5.75 Å². The van der Waals surface area contributed by atoms with Crippen LogP contribution in [0.5, 0.6) is 5.75 Å². The van der Waals surface area contributed by atoms with E-state index in [4.69, 9.17) is 10.2 Å². The lowest BCUT2D eigenvalue weighted by Crippen LogP contribution is -2.02. The van der Waals surface area contributed by atoms with Crippen LogP contribution in [-0.4, -0.2) is 31.8 Å². The van der Waals surface area contributed by atoms with E-state index in [0.717, 1.165) is 11.4 Å². The molecule has 0 unspecified atom stereocenters. The topological polar surface area (TPSA) is 83.2 Å². The quantitative estimate of drug-likeness (QED) is 0.659. The summed E-state index contributed by atoms with van der Waals surface area (Å²) in [7, 11) is 0. The van der Waals surface area contributed by atoms with Crippen LogP contribution in [0.4, 0.5) is 5.69 Å². The Morgan fingerprint density at radius 3 is 2.71 bits per heavy atom. The summed E-state index contributed by atoms with van der Waals surface area (Å²) in [5.74, 6) is 0.240. The molecule has 1 aromatic carbocycles. The SMILES string of the molecule is OCCn1cc(CNc2ccc(O)cc2)nn1. The number of hydrogen-bond donors (Lipinski definition) is 3. The molecule has 0 saturated heterocycles. The van der Waals surface area contributed by atoms with Gasteiger partial charge in [-0.1, -0.05) is 5.21 Å². The molecular formula is C11H14N4O2. The third-order valence-electron chi connectivity index (χ3n) is 2.26. The van der Waals surface area contributed by atoms with Crippen LogP contribution in [0.1, 0.15) is 5.69 Å². The molecule has 0 fully saturated rings. The summed E-state index contributed by atoms with van der Waals surface area (Å²) in [4.78, 5) is 0. The molecule has 17 heavy (non-hydrogen) atoms. The minimum Gasteiger partial charge on any atom is -0.508 e. The smallest absolute Gasteiger partial charge is 0.115 e. The summed E-state index contributed by atoms with van der Waals surface area (Å²) < 4.78 is 1.59. The first-order chi connectivity index (χ1) is 8.28. The molecule has 6 nitrogen and oxygen atoms in total. The first-order valence-corrected chi connectivity index (χ1v) is 5.31. The lowest BCUT2D eigenvalue weighted by molar-refractivity contribution is 0.268. The van der Waals surface area contributed by atoms with E-state index in [9.17, 15) is 0 Å². The predicted octanol–water partition coefficient (Wildman–Crippen LogP) is 0.588. The Morgan fingerprint density at radius 1 is 1.24 bits per heavy atom. The minimum atomic E-state index is 0.0498. The van der Waals surface area contributed by atoms with Gasteiger partial charge in [0.15, 0.2) is 0 Å². The van der Waals surface area contributed by atoms with Crippen molar-refractivity contribution in [3.63, 3.8) is 0 Å². The molecule has 3 N–H and O–H groups in total. The minimum absolute atomic E-state index is 0.0498. The average Bonchev–Trinajstić information content (AvgIpc) is 2.77. The van der Waals surface area contributed by atoms with Crippen molar-refractivity contribution in [2.75, 3.05) is 11.9 Å². The number of aliphatic hydroxyl groups is 1. The van der Waals surface area contributed by atoms with Gasteiger partial charge in [-0.25, -0.2) is 4.68 Å². The second-order valence-corrected chi connectivity index (χ2v) is 3.60. The van der Waals surface area contributed by atoms with Crippen LogP contribution in [0.15, 0.2) is 30.5 Å². The van der Waals surface area contributed by atoms with Gasteiger partial charge in [0.05, 0.1) is 25.9 Å². The first kappa shape index (κ1) is 11.4. The fraction of sp³-hybridized carbons (Fsp3) is 0.273. The number of nitrogens with one attached hydrogen (secondary N) is 1. The molecular weight excluding hydrogens is 220 g/mol. The highest BCUT2D eigenvalue weighted by molar-refractivity contribution is 5.45. The molecule has 90 valence electrons. The largest absolute Gasteiger partial charge is 0.508 e. The third kappa shape index (κ3) is 3.18. The van der Waals surface area contributed by atoms with E-state index in [-0.39, 0.29) is 12.4 Å². The van der Waals surface area contributed by atoms with E-state index in [1.54, 1.807) is 35.1 Å². The maximum atomic E-state index is 9.13.